The van der Waals surface area contributed by atoms with E-state index in [0.717, 1.165) is 44.2 Å². The molecule has 6 aromatic rings. The molecule has 35 heavy (non-hydrogen) atoms. The Morgan fingerprint density at radius 1 is 0.657 bits per heavy atom. The number of hydrogen-bond acceptors (Lipinski definition) is 1. The van der Waals surface area contributed by atoms with Crippen molar-refractivity contribution in [2.24, 2.45) is 0 Å². The first-order valence-electron chi connectivity index (χ1n) is 11.4. The van der Waals surface area contributed by atoms with Crippen molar-refractivity contribution in [3.05, 3.63) is 132 Å². The van der Waals surface area contributed by atoms with E-state index < -0.39 is 0 Å². The summed E-state index contributed by atoms with van der Waals surface area (Å²) in [7, 11) is 0. The van der Waals surface area contributed by atoms with E-state index in [9.17, 15) is 5.26 Å². The summed E-state index contributed by atoms with van der Waals surface area (Å²) in [5, 5.41) is 12.2. The van der Waals surface area contributed by atoms with Crippen LogP contribution in [0.4, 0.5) is 5.69 Å². The summed E-state index contributed by atoms with van der Waals surface area (Å²) in [5.41, 5.74) is 7.82. The van der Waals surface area contributed by atoms with Crippen LogP contribution in [0.3, 0.4) is 0 Å². The Kier molecular flexibility index (Phi) is 4.88. The molecule has 0 bridgehead atoms. The summed E-state index contributed by atoms with van der Waals surface area (Å²) >= 11 is 0. The Labute approximate surface area is 203 Å². The minimum absolute atomic E-state index is 0.477. The highest BCUT2D eigenvalue weighted by molar-refractivity contribution is 6.20. The fraction of sp³-hybridized carbons (Fsp3) is 0. The first-order chi connectivity index (χ1) is 17.3. The maximum absolute atomic E-state index is 10.1. The van der Waals surface area contributed by atoms with Crippen molar-refractivity contribution in [3.8, 4) is 34.0 Å². The largest absolute Gasteiger partial charge is 0.309 e. The SMILES string of the molecule is [C-]#[N+]c1cccc(C#N)c1-c1c(-c2ccccc2)ccc2c1c1ccccc1n2-c1ccccc1. The number of nitriles is 1. The molecule has 1 aromatic heterocycles. The summed E-state index contributed by atoms with van der Waals surface area (Å²) in [6.07, 6.45) is 0. The van der Waals surface area contributed by atoms with Gasteiger partial charge in [0, 0.05) is 27.6 Å². The fourth-order valence-corrected chi connectivity index (χ4v) is 5.02. The third-order valence-electron chi connectivity index (χ3n) is 6.47. The van der Waals surface area contributed by atoms with E-state index in [4.69, 9.17) is 6.57 Å². The van der Waals surface area contributed by atoms with Crippen LogP contribution in [0.25, 0.3) is 54.6 Å². The zero-order valence-electron chi connectivity index (χ0n) is 18.8. The highest BCUT2D eigenvalue weighted by Gasteiger charge is 2.23. The van der Waals surface area contributed by atoms with Crippen LogP contribution < -0.4 is 0 Å². The van der Waals surface area contributed by atoms with Crippen molar-refractivity contribution in [2.45, 2.75) is 0 Å². The van der Waals surface area contributed by atoms with Gasteiger partial charge in [0.05, 0.1) is 23.7 Å². The molecule has 0 aliphatic heterocycles. The molecule has 3 nitrogen and oxygen atoms in total. The first kappa shape index (κ1) is 20.5. The monoisotopic (exact) mass is 445 g/mol. The van der Waals surface area contributed by atoms with Crippen molar-refractivity contribution in [2.75, 3.05) is 0 Å². The van der Waals surface area contributed by atoms with Gasteiger partial charge in [0.15, 0.2) is 5.69 Å². The maximum atomic E-state index is 10.1. The minimum atomic E-state index is 0.477. The van der Waals surface area contributed by atoms with Gasteiger partial charge in [-0.05, 0) is 47.0 Å². The van der Waals surface area contributed by atoms with Crippen LogP contribution in [-0.2, 0) is 0 Å². The smallest absolute Gasteiger partial charge is 0.196 e. The molecule has 0 atom stereocenters. The molecule has 0 radical (unpaired) electrons. The molecular formula is C32H19N3. The normalized spacial score (nSPS) is 10.8. The zero-order valence-corrected chi connectivity index (χ0v) is 18.8. The lowest BCUT2D eigenvalue weighted by molar-refractivity contribution is 1.18. The molecule has 0 N–H and O–H groups in total. The number of nitrogens with zero attached hydrogens (tertiary/aromatic N) is 3. The molecule has 6 rings (SSSR count). The van der Waals surface area contributed by atoms with Crippen LogP contribution in [0, 0.1) is 17.9 Å². The first-order valence-corrected chi connectivity index (χ1v) is 11.4. The highest BCUT2D eigenvalue weighted by atomic mass is 15.0. The second kappa shape index (κ2) is 8.34. The Morgan fingerprint density at radius 3 is 2.11 bits per heavy atom. The molecule has 0 unspecified atom stereocenters. The number of rotatable bonds is 3. The van der Waals surface area contributed by atoms with E-state index in [0.29, 0.717) is 16.8 Å². The molecule has 0 amide bonds. The Morgan fingerprint density at radius 2 is 1.37 bits per heavy atom. The lowest BCUT2D eigenvalue weighted by Crippen LogP contribution is -1.95. The highest BCUT2D eigenvalue weighted by Crippen LogP contribution is 2.47. The Bertz CT molecular complexity index is 1770. The molecule has 0 aliphatic carbocycles. The number of para-hydroxylation sites is 2. The average molecular weight is 446 g/mol. The third kappa shape index (κ3) is 3.19. The van der Waals surface area contributed by atoms with Crippen LogP contribution in [0.5, 0.6) is 0 Å². The van der Waals surface area contributed by atoms with Gasteiger partial charge in [-0.25, -0.2) is 4.85 Å². The molecule has 0 saturated heterocycles. The summed E-state index contributed by atoms with van der Waals surface area (Å²) in [6.45, 7) is 7.90. The summed E-state index contributed by atoms with van der Waals surface area (Å²) in [5.74, 6) is 0. The van der Waals surface area contributed by atoms with E-state index in [1.807, 2.05) is 48.5 Å². The van der Waals surface area contributed by atoms with E-state index >= 15 is 0 Å². The molecule has 0 fully saturated rings. The predicted octanol–water partition coefficient (Wildman–Crippen LogP) is 8.54. The van der Waals surface area contributed by atoms with Crippen LogP contribution in [0.2, 0.25) is 0 Å². The van der Waals surface area contributed by atoms with Crippen LogP contribution >= 0.6 is 0 Å². The van der Waals surface area contributed by atoms with Crippen LogP contribution in [-0.4, -0.2) is 4.57 Å². The van der Waals surface area contributed by atoms with Gasteiger partial charge in [-0.1, -0.05) is 84.9 Å². The zero-order chi connectivity index (χ0) is 23.8. The number of benzene rings is 5. The molecule has 3 heteroatoms. The summed E-state index contributed by atoms with van der Waals surface area (Å²) in [6, 6.07) is 40.8. The Hall–Kier alpha value is -5.12. The predicted molar refractivity (Wildman–Crippen MR) is 143 cm³/mol. The van der Waals surface area contributed by atoms with Crippen LogP contribution in [0.1, 0.15) is 5.56 Å². The Balaban J connectivity index is 1.88. The number of aromatic nitrogens is 1. The molecule has 0 aliphatic rings. The lowest BCUT2D eigenvalue weighted by Gasteiger charge is -2.16. The van der Waals surface area contributed by atoms with Gasteiger partial charge in [-0.2, -0.15) is 5.26 Å². The van der Waals surface area contributed by atoms with Gasteiger partial charge in [0.1, 0.15) is 0 Å². The van der Waals surface area contributed by atoms with Crippen molar-refractivity contribution in [3.63, 3.8) is 0 Å². The summed E-state index contributed by atoms with van der Waals surface area (Å²) in [4.78, 5) is 3.83. The molecule has 0 saturated carbocycles. The number of fused-ring (bicyclic) bond motifs is 3. The molecular weight excluding hydrogens is 426 g/mol. The van der Waals surface area contributed by atoms with Gasteiger partial charge in [0.25, 0.3) is 0 Å². The third-order valence-corrected chi connectivity index (χ3v) is 6.47. The maximum Gasteiger partial charge on any atom is 0.196 e. The van der Waals surface area contributed by atoms with Crippen LogP contribution in [0.15, 0.2) is 115 Å². The van der Waals surface area contributed by atoms with E-state index in [2.05, 4.69) is 64.0 Å². The second-order valence-corrected chi connectivity index (χ2v) is 8.36. The van der Waals surface area contributed by atoms with Crippen molar-refractivity contribution < 1.29 is 0 Å². The quantitative estimate of drug-likeness (QED) is 0.251. The number of hydrogen-bond donors (Lipinski definition) is 0. The van der Waals surface area contributed by atoms with E-state index in [-0.39, 0.29) is 0 Å². The van der Waals surface area contributed by atoms with Gasteiger partial charge >= 0.3 is 0 Å². The van der Waals surface area contributed by atoms with E-state index in [1.165, 1.54) is 0 Å². The van der Waals surface area contributed by atoms with Gasteiger partial charge < -0.3 is 4.57 Å². The van der Waals surface area contributed by atoms with Crippen molar-refractivity contribution in [1.82, 2.24) is 4.57 Å². The standard InChI is InChI=1S/C32H19N3/c1-34-27-17-10-13-23(21-33)30(27)32-25(22-11-4-2-5-12-22)19-20-29-31(32)26-16-8-9-18-28(26)35(29)24-14-6-3-7-15-24/h2-20H. The average Bonchev–Trinajstić information content (AvgIpc) is 3.27. The molecule has 1 heterocycles. The second-order valence-electron chi connectivity index (χ2n) is 8.36. The van der Waals surface area contributed by atoms with Gasteiger partial charge in [0.2, 0.25) is 0 Å². The van der Waals surface area contributed by atoms with Gasteiger partial charge in [-0.15, -0.1) is 0 Å². The molecule has 0 spiro atoms. The van der Waals surface area contributed by atoms with E-state index in [1.54, 1.807) is 18.2 Å². The lowest BCUT2D eigenvalue weighted by atomic mass is 9.87. The van der Waals surface area contributed by atoms with Crippen molar-refractivity contribution in [1.29, 1.82) is 5.26 Å². The summed E-state index contributed by atoms with van der Waals surface area (Å²) < 4.78 is 2.26. The minimum Gasteiger partial charge on any atom is -0.309 e. The topological polar surface area (TPSA) is 33.1 Å². The molecule has 162 valence electrons. The fourth-order valence-electron chi connectivity index (χ4n) is 5.02. The molecule has 5 aromatic carbocycles. The van der Waals surface area contributed by atoms with Crippen molar-refractivity contribution >= 4 is 27.5 Å². The van der Waals surface area contributed by atoms with Gasteiger partial charge in [-0.3, -0.25) is 0 Å².